The first-order chi connectivity index (χ1) is 14.6. The summed E-state index contributed by atoms with van der Waals surface area (Å²) in [5.41, 5.74) is 5.89. The lowest BCUT2D eigenvalue weighted by atomic mass is 10.0. The fourth-order valence-electron chi connectivity index (χ4n) is 2.91. The number of nitrogens with two attached hydrogens (primary N) is 1. The third-order valence-corrected chi connectivity index (χ3v) is 4.57. The van der Waals surface area contributed by atoms with Crippen LogP contribution in [-0.4, -0.2) is 51.8 Å². The van der Waals surface area contributed by atoms with E-state index < -0.39 is 35.3 Å². The van der Waals surface area contributed by atoms with Crippen LogP contribution in [0.1, 0.15) is 37.2 Å². The normalized spacial score (nSPS) is 12.9. The van der Waals surface area contributed by atoms with Crippen LogP contribution in [0.5, 0.6) is 0 Å². The number of amides is 4. The van der Waals surface area contributed by atoms with Crippen molar-refractivity contribution < 1.29 is 23.6 Å². The number of H-pyrrole nitrogens is 1. The summed E-state index contributed by atoms with van der Waals surface area (Å²) in [6, 6.07) is 7.92. The molecule has 1 unspecified atom stereocenters. The first-order valence-electron chi connectivity index (χ1n) is 9.65. The molecule has 1 heterocycles. The van der Waals surface area contributed by atoms with Crippen molar-refractivity contribution in [1.29, 1.82) is 0 Å². The maximum absolute atomic E-state index is 13.3. The maximum Gasteiger partial charge on any atom is 0.291 e. The number of aromatic amines is 1. The highest BCUT2D eigenvalue weighted by Crippen LogP contribution is 2.15. The maximum atomic E-state index is 13.3. The molecule has 0 spiro atoms. The number of hydrogen-bond donors (Lipinski definition) is 4. The molecule has 2 aromatic rings. The topological polar surface area (TPSA) is 137 Å². The van der Waals surface area contributed by atoms with Gasteiger partial charge in [-0.1, -0.05) is 43.6 Å². The fourth-order valence-corrected chi connectivity index (χ4v) is 3.02. The van der Waals surface area contributed by atoms with E-state index in [1.54, 1.807) is 6.07 Å². The molecular weight excluding hydrogens is 429 g/mol. The number of hydrazine groups is 1. The molecule has 31 heavy (non-hydrogen) atoms. The van der Waals surface area contributed by atoms with E-state index in [-0.39, 0.29) is 31.0 Å². The average Bonchev–Trinajstić information content (AvgIpc) is 3.13. The minimum absolute atomic E-state index is 0.00971. The Labute approximate surface area is 183 Å². The minimum atomic E-state index is -2.42. The van der Waals surface area contributed by atoms with E-state index in [1.165, 1.54) is 0 Å². The Balaban J connectivity index is 2.16. The summed E-state index contributed by atoms with van der Waals surface area (Å²) in [5, 5.41) is 4.05. The van der Waals surface area contributed by atoms with Gasteiger partial charge in [-0.05, 0) is 24.5 Å². The van der Waals surface area contributed by atoms with Gasteiger partial charge in [0.05, 0.1) is 6.54 Å². The third-order valence-electron chi connectivity index (χ3n) is 4.38. The lowest BCUT2D eigenvalue weighted by molar-refractivity contribution is -0.144. The summed E-state index contributed by atoms with van der Waals surface area (Å²) in [6.45, 7) is 3.33. The summed E-state index contributed by atoms with van der Waals surface area (Å²) < 4.78 is 13.3. The molecule has 0 aliphatic carbocycles. The second kappa shape index (κ2) is 10.8. The van der Waals surface area contributed by atoms with Gasteiger partial charge in [0.1, 0.15) is 11.7 Å². The molecule has 0 saturated carbocycles. The van der Waals surface area contributed by atoms with Crippen molar-refractivity contribution in [3.63, 3.8) is 0 Å². The monoisotopic (exact) mass is 453 g/mol. The first-order valence-corrected chi connectivity index (χ1v) is 10.1. The van der Waals surface area contributed by atoms with Gasteiger partial charge >= 0.3 is 0 Å². The summed E-state index contributed by atoms with van der Waals surface area (Å²) in [5.74, 6) is -3.26. The van der Waals surface area contributed by atoms with Crippen molar-refractivity contribution >= 4 is 46.1 Å². The molecule has 0 bridgehead atoms. The largest absolute Gasteiger partial charge is 0.370 e. The van der Waals surface area contributed by atoms with Gasteiger partial charge in [-0.2, -0.15) is 0 Å². The van der Waals surface area contributed by atoms with E-state index in [0.717, 1.165) is 10.9 Å². The number of alkyl halides is 2. The average molecular weight is 454 g/mol. The highest BCUT2D eigenvalue weighted by Gasteiger charge is 2.29. The highest BCUT2D eigenvalue weighted by molar-refractivity contribution is 6.29. The van der Waals surface area contributed by atoms with Gasteiger partial charge in [-0.15, -0.1) is 0 Å². The van der Waals surface area contributed by atoms with Crippen LogP contribution in [0.2, 0.25) is 0 Å². The number of halogens is 2. The van der Waals surface area contributed by atoms with Gasteiger partial charge in [0.15, 0.2) is 0 Å². The Morgan fingerprint density at radius 2 is 1.90 bits per heavy atom. The Morgan fingerprint density at radius 3 is 2.48 bits per heavy atom. The van der Waals surface area contributed by atoms with Gasteiger partial charge < -0.3 is 16.0 Å². The Kier molecular flexibility index (Phi) is 8.38. The molecule has 2 atom stereocenters. The molecule has 5 N–H and O–H groups in total. The molecule has 4 amide bonds. The van der Waals surface area contributed by atoms with Gasteiger partial charge in [0, 0.05) is 17.3 Å². The van der Waals surface area contributed by atoms with Crippen LogP contribution in [-0.2, 0) is 14.4 Å². The Morgan fingerprint density at radius 1 is 1.23 bits per heavy atom. The van der Waals surface area contributed by atoms with Crippen molar-refractivity contribution in [2.75, 3.05) is 6.54 Å². The lowest BCUT2D eigenvalue weighted by Crippen LogP contribution is -2.56. The number of fused-ring (bicyclic) bond motifs is 1. The van der Waals surface area contributed by atoms with Crippen LogP contribution in [0.3, 0.4) is 0 Å². The van der Waals surface area contributed by atoms with Crippen molar-refractivity contribution in [3.05, 3.63) is 36.0 Å². The lowest BCUT2D eigenvalue weighted by Gasteiger charge is -2.27. The van der Waals surface area contributed by atoms with E-state index in [9.17, 15) is 23.6 Å². The number of hydrogen-bond acceptors (Lipinski definition) is 4. The van der Waals surface area contributed by atoms with Crippen LogP contribution in [0, 0.1) is 5.92 Å². The van der Waals surface area contributed by atoms with Crippen molar-refractivity contribution in [1.82, 2.24) is 20.7 Å². The standard InChI is InChI=1S/C20H25ClFN5O4/c1-11(2)9-14(19(30)26-27(8-7-16(23)28)20(31)17(21)22)25-18(29)15-10-12-5-3-4-6-13(12)24-15/h3-6,10-11,14,17,24H,7-9H2,1-2H3,(H2,23,28)(H,25,29)(H,26,30)/t14?,17-/m1/s1. The predicted octanol–water partition coefficient (Wildman–Crippen LogP) is 1.58. The van der Waals surface area contributed by atoms with Gasteiger partial charge in [0.25, 0.3) is 23.4 Å². The van der Waals surface area contributed by atoms with E-state index >= 15 is 0 Å². The number of nitrogens with zero attached hydrogens (tertiary/aromatic N) is 1. The molecule has 11 heteroatoms. The molecule has 0 aliphatic heterocycles. The fraction of sp³-hybridized carbons (Fsp3) is 0.400. The SMILES string of the molecule is CC(C)CC(NC(=O)c1cc2ccccc2[nH]1)C(=O)NN(CCC(N)=O)C(=O)[C@@H](F)Cl. The van der Waals surface area contributed by atoms with Gasteiger partial charge in [-0.3, -0.25) is 24.6 Å². The molecule has 9 nitrogen and oxygen atoms in total. The van der Waals surface area contributed by atoms with Gasteiger partial charge in [-0.25, -0.2) is 9.40 Å². The van der Waals surface area contributed by atoms with E-state index in [4.69, 9.17) is 17.3 Å². The number of carbonyl (C=O) groups excluding carboxylic acids is 4. The second-order valence-electron chi connectivity index (χ2n) is 7.41. The number of benzene rings is 1. The number of carbonyl (C=O) groups is 4. The van der Waals surface area contributed by atoms with Crippen LogP contribution >= 0.6 is 11.6 Å². The molecule has 1 aromatic carbocycles. The summed E-state index contributed by atoms with van der Waals surface area (Å²) in [7, 11) is 0. The van der Waals surface area contributed by atoms with Crippen molar-refractivity contribution in [2.24, 2.45) is 11.7 Å². The molecule has 1 aromatic heterocycles. The zero-order valence-electron chi connectivity index (χ0n) is 17.2. The van der Waals surface area contributed by atoms with E-state index in [0.29, 0.717) is 5.01 Å². The van der Waals surface area contributed by atoms with Crippen LogP contribution in [0.15, 0.2) is 30.3 Å². The Hall–Kier alpha value is -3.14. The number of nitrogens with one attached hydrogen (secondary N) is 3. The first kappa shape index (κ1) is 24.1. The van der Waals surface area contributed by atoms with E-state index in [1.807, 2.05) is 38.1 Å². The van der Waals surface area contributed by atoms with Crippen LogP contribution < -0.4 is 16.5 Å². The van der Waals surface area contributed by atoms with Crippen LogP contribution in [0.25, 0.3) is 10.9 Å². The molecule has 168 valence electrons. The summed E-state index contributed by atoms with van der Waals surface area (Å²) in [4.78, 5) is 51.4. The number of para-hydroxylation sites is 1. The molecule has 0 radical (unpaired) electrons. The smallest absolute Gasteiger partial charge is 0.291 e. The van der Waals surface area contributed by atoms with Crippen molar-refractivity contribution in [3.8, 4) is 0 Å². The number of primary amides is 1. The van der Waals surface area contributed by atoms with Gasteiger partial charge in [0.2, 0.25) is 5.91 Å². The second-order valence-corrected chi connectivity index (χ2v) is 7.79. The number of aromatic nitrogens is 1. The summed E-state index contributed by atoms with van der Waals surface area (Å²) >= 11 is 5.19. The predicted molar refractivity (Wildman–Crippen MR) is 113 cm³/mol. The molecular formula is C20H25ClFN5O4. The van der Waals surface area contributed by atoms with Crippen LogP contribution in [0.4, 0.5) is 4.39 Å². The molecule has 0 aliphatic rings. The quantitative estimate of drug-likeness (QED) is 0.338. The summed E-state index contributed by atoms with van der Waals surface area (Å²) in [6.07, 6.45) is -0.0680. The minimum Gasteiger partial charge on any atom is -0.370 e. The highest BCUT2D eigenvalue weighted by atomic mass is 35.5. The third kappa shape index (κ3) is 6.95. The molecule has 0 fully saturated rings. The molecule has 0 saturated heterocycles. The molecule has 2 rings (SSSR count). The van der Waals surface area contributed by atoms with Crippen molar-refractivity contribution in [2.45, 2.75) is 38.4 Å². The Bertz CT molecular complexity index is 929. The zero-order chi connectivity index (χ0) is 23.1. The van der Waals surface area contributed by atoms with E-state index in [2.05, 4.69) is 15.7 Å². The zero-order valence-corrected chi connectivity index (χ0v) is 17.9. The number of rotatable bonds is 9.